The molecular weight excluding hydrogens is 355 g/mol. The molecule has 1 aromatic heterocycles. The third kappa shape index (κ3) is 7.34. The number of rotatable bonds is 8. The Morgan fingerprint density at radius 1 is 1.37 bits per heavy atom. The summed E-state index contributed by atoms with van der Waals surface area (Å²) in [6.45, 7) is 6.46. The Balaban J connectivity index is 0.00000324. The molecule has 0 atom stereocenters. The molecule has 3 N–H and O–H groups in total. The molecule has 0 fully saturated rings. The molecule has 0 bridgehead atoms. The number of hydrogen-bond donors (Lipinski definition) is 2. The van der Waals surface area contributed by atoms with Gasteiger partial charge in [0.1, 0.15) is 12.9 Å². The molecule has 0 radical (unpaired) electrons. The fourth-order valence-electron chi connectivity index (χ4n) is 1.65. The van der Waals surface area contributed by atoms with Crippen molar-refractivity contribution >= 4 is 29.9 Å². The summed E-state index contributed by atoms with van der Waals surface area (Å²) in [7, 11) is 0. The lowest BCUT2D eigenvalue weighted by Gasteiger charge is -2.05. The average molecular weight is 380 g/mol. The molecule has 19 heavy (non-hydrogen) atoms. The molecule has 0 aromatic carbocycles. The first kappa shape index (κ1) is 18.1. The predicted octanol–water partition coefficient (Wildman–Crippen LogP) is 1.90. The number of aromatic nitrogens is 3. The molecule has 0 aliphatic carbocycles. The van der Waals surface area contributed by atoms with Gasteiger partial charge in [-0.05, 0) is 13.3 Å². The van der Waals surface area contributed by atoms with Gasteiger partial charge in [-0.2, -0.15) is 0 Å². The number of guanidine groups is 1. The molecule has 110 valence electrons. The van der Waals surface area contributed by atoms with Gasteiger partial charge in [0.25, 0.3) is 0 Å². The second-order valence-corrected chi connectivity index (χ2v) is 4.22. The second-order valence-electron chi connectivity index (χ2n) is 4.22. The first-order chi connectivity index (χ1) is 8.77. The highest BCUT2D eigenvalue weighted by Gasteiger charge is 2.01. The maximum atomic E-state index is 5.78. The van der Waals surface area contributed by atoms with Crippen LogP contribution in [0.15, 0.2) is 11.3 Å². The van der Waals surface area contributed by atoms with Crippen LogP contribution in [0.3, 0.4) is 0 Å². The Kier molecular flexibility index (Phi) is 10.5. The number of halogens is 1. The number of unbranched alkanes of at least 4 members (excludes halogenated alkanes) is 3. The number of nitrogens with zero attached hydrogens (tertiary/aromatic N) is 4. The van der Waals surface area contributed by atoms with Crippen LogP contribution in [0.1, 0.15) is 45.4 Å². The molecule has 1 aromatic rings. The molecule has 0 unspecified atom stereocenters. The molecule has 1 heterocycles. The van der Waals surface area contributed by atoms with Crippen molar-refractivity contribution in [1.29, 1.82) is 0 Å². The lowest BCUT2D eigenvalue weighted by molar-refractivity contribution is 0.650. The van der Waals surface area contributed by atoms with Crippen LogP contribution in [0.2, 0.25) is 0 Å². The standard InChI is InChI=1S/C12H24N6.HI/c1-3-5-6-7-8-14-12(13)15-9-11-17-16-10-18(11)4-2;/h10H,3-9H2,1-2H3,(H3,13,14,15);1H. The van der Waals surface area contributed by atoms with Crippen LogP contribution in [-0.4, -0.2) is 27.3 Å². The highest BCUT2D eigenvalue weighted by Crippen LogP contribution is 1.98. The van der Waals surface area contributed by atoms with Crippen molar-refractivity contribution in [2.24, 2.45) is 10.7 Å². The lowest BCUT2D eigenvalue weighted by atomic mass is 10.2. The molecule has 0 saturated heterocycles. The van der Waals surface area contributed by atoms with Crippen molar-refractivity contribution in [2.75, 3.05) is 6.54 Å². The first-order valence-electron chi connectivity index (χ1n) is 6.68. The SMILES string of the molecule is CCCCCCNC(N)=NCc1nncn1CC.I. The molecule has 7 heteroatoms. The van der Waals surface area contributed by atoms with E-state index in [0.29, 0.717) is 12.5 Å². The molecular formula is C12H25IN6. The maximum Gasteiger partial charge on any atom is 0.189 e. The normalized spacial score (nSPS) is 11.2. The van der Waals surface area contributed by atoms with E-state index in [1.54, 1.807) is 6.33 Å². The zero-order valence-electron chi connectivity index (χ0n) is 11.8. The third-order valence-corrected chi connectivity index (χ3v) is 2.76. The van der Waals surface area contributed by atoms with E-state index in [0.717, 1.165) is 25.3 Å². The van der Waals surface area contributed by atoms with E-state index in [1.807, 2.05) is 11.5 Å². The predicted molar refractivity (Wildman–Crippen MR) is 88.6 cm³/mol. The minimum atomic E-state index is 0. The topological polar surface area (TPSA) is 81.1 Å². The number of aliphatic imine (C=N–C) groups is 1. The molecule has 0 aliphatic heterocycles. The highest BCUT2D eigenvalue weighted by molar-refractivity contribution is 14.0. The quantitative estimate of drug-likeness (QED) is 0.312. The fraction of sp³-hybridized carbons (Fsp3) is 0.750. The van der Waals surface area contributed by atoms with Crippen LogP contribution in [0, 0.1) is 0 Å². The summed E-state index contributed by atoms with van der Waals surface area (Å²) in [5.41, 5.74) is 5.78. The molecule has 6 nitrogen and oxygen atoms in total. The van der Waals surface area contributed by atoms with Crippen LogP contribution in [0.5, 0.6) is 0 Å². The minimum Gasteiger partial charge on any atom is -0.370 e. The van der Waals surface area contributed by atoms with Gasteiger partial charge >= 0.3 is 0 Å². The van der Waals surface area contributed by atoms with Crippen molar-refractivity contribution in [3.63, 3.8) is 0 Å². The van der Waals surface area contributed by atoms with E-state index in [4.69, 9.17) is 5.73 Å². The van der Waals surface area contributed by atoms with Crippen molar-refractivity contribution in [1.82, 2.24) is 20.1 Å². The number of nitrogens with one attached hydrogen (secondary N) is 1. The van der Waals surface area contributed by atoms with Gasteiger partial charge in [-0.25, -0.2) is 4.99 Å². The van der Waals surface area contributed by atoms with Gasteiger partial charge in [0.05, 0.1) is 0 Å². The summed E-state index contributed by atoms with van der Waals surface area (Å²) < 4.78 is 1.96. The average Bonchev–Trinajstić information content (AvgIpc) is 2.83. The Hall–Kier alpha value is -0.860. The van der Waals surface area contributed by atoms with Crippen LogP contribution >= 0.6 is 24.0 Å². The zero-order valence-corrected chi connectivity index (χ0v) is 14.1. The van der Waals surface area contributed by atoms with Gasteiger partial charge in [0, 0.05) is 13.1 Å². The van der Waals surface area contributed by atoms with Gasteiger partial charge in [-0.15, -0.1) is 34.2 Å². The summed E-state index contributed by atoms with van der Waals surface area (Å²) in [6.07, 6.45) is 6.60. The Labute approximate surface area is 132 Å². The fourth-order valence-corrected chi connectivity index (χ4v) is 1.65. The number of aryl methyl sites for hydroxylation is 1. The Morgan fingerprint density at radius 3 is 2.84 bits per heavy atom. The largest absolute Gasteiger partial charge is 0.370 e. The van der Waals surface area contributed by atoms with Gasteiger partial charge in [0.2, 0.25) is 0 Å². The van der Waals surface area contributed by atoms with Crippen molar-refractivity contribution in [2.45, 2.75) is 52.6 Å². The van der Waals surface area contributed by atoms with Crippen LogP contribution in [0.25, 0.3) is 0 Å². The molecule has 0 amide bonds. The number of hydrogen-bond acceptors (Lipinski definition) is 3. The summed E-state index contributed by atoms with van der Waals surface area (Å²) in [6, 6.07) is 0. The smallest absolute Gasteiger partial charge is 0.189 e. The lowest BCUT2D eigenvalue weighted by Crippen LogP contribution is -2.32. The minimum absolute atomic E-state index is 0. The molecule has 0 aliphatic rings. The second kappa shape index (κ2) is 11.0. The number of nitrogens with two attached hydrogens (primary N) is 1. The van der Waals surface area contributed by atoms with Gasteiger partial charge in [0.15, 0.2) is 11.8 Å². The molecule has 0 spiro atoms. The zero-order chi connectivity index (χ0) is 13.2. The van der Waals surface area contributed by atoms with E-state index < -0.39 is 0 Å². The Bertz CT molecular complexity index is 363. The van der Waals surface area contributed by atoms with Crippen LogP contribution in [-0.2, 0) is 13.1 Å². The summed E-state index contributed by atoms with van der Waals surface area (Å²) in [4.78, 5) is 4.25. The summed E-state index contributed by atoms with van der Waals surface area (Å²) in [5, 5.41) is 11.0. The van der Waals surface area contributed by atoms with Crippen molar-refractivity contribution < 1.29 is 0 Å². The van der Waals surface area contributed by atoms with Gasteiger partial charge < -0.3 is 15.6 Å². The monoisotopic (exact) mass is 380 g/mol. The van der Waals surface area contributed by atoms with Crippen molar-refractivity contribution in [3.8, 4) is 0 Å². The molecule has 0 saturated carbocycles. The van der Waals surface area contributed by atoms with Gasteiger partial charge in [-0.3, -0.25) is 0 Å². The van der Waals surface area contributed by atoms with E-state index in [2.05, 4.69) is 27.4 Å². The first-order valence-corrected chi connectivity index (χ1v) is 6.68. The third-order valence-electron chi connectivity index (χ3n) is 2.76. The van der Waals surface area contributed by atoms with Crippen molar-refractivity contribution in [3.05, 3.63) is 12.2 Å². The van der Waals surface area contributed by atoms with Gasteiger partial charge in [-0.1, -0.05) is 26.2 Å². The maximum absolute atomic E-state index is 5.78. The van der Waals surface area contributed by atoms with Crippen LogP contribution in [0.4, 0.5) is 0 Å². The van der Waals surface area contributed by atoms with E-state index in [9.17, 15) is 0 Å². The Morgan fingerprint density at radius 2 is 2.16 bits per heavy atom. The summed E-state index contributed by atoms with van der Waals surface area (Å²) in [5.74, 6) is 1.32. The van der Waals surface area contributed by atoms with E-state index >= 15 is 0 Å². The van der Waals surface area contributed by atoms with E-state index in [1.165, 1.54) is 19.3 Å². The van der Waals surface area contributed by atoms with E-state index in [-0.39, 0.29) is 24.0 Å². The molecule has 1 rings (SSSR count). The van der Waals surface area contributed by atoms with Crippen LogP contribution < -0.4 is 11.1 Å². The summed E-state index contributed by atoms with van der Waals surface area (Å²) >= 11 is 0. The highest BCUT2D eigenvalue weighted by atomic mass is 127.